The van der Waals surface area contributed by atoms with Crippen molar-refractivity contribution >= 4 is 27.6 Å². The number of carbonyl (C=O) groups is 2. The van der Waals surface area contributed by atoms with Gasteiger partial charge in [0.15, 0.2) is 0 Å². The standard InChI is InChI=1S/C26H27FN4O5S/c1-36-22-11-13-23(14-12-22)37(34,35)31-16-15-30(26(33)29-21-9-7-20(27)8-10-21)18-24(31)25(32)28-17-19-5-3-2-4-6-19/h2-14,24H,15-18H2,1H3,(H,28,32)(H,29,33). The van der Waals surface area contributed by atoms with E-state index in [9.17, 15) is 22.4 Å². The predicted octanol–water partition coefficient (Wildman–Crippen LogP) is 3.06. The number of methoxy groups -OCH3 is 1. The number of anilines is 1. The minimum absolute atomic E-state index is 0.0124. The van der Waals surface area contributed by atoms with E-state index >= 15 is 0 Å². The Morgan fingerprint density at radius 1 is 0.973 bits per heavy atom. The first-order valence-electron chi connectivity index (χ1n) is 11.6. The molecule has 3 aromatic rings. The maximum absolute atomic E-state index is 13.5. The lowest BCUT2D eigenvalue weighted by Crippen LogP contribution is -2.61. The highest BCUT2D eigenvalue weighted by atomic mass is 32.2. The summed E-state index contributed by atoms with van der Waals surface area (Å²) < 4.78 is 46.5. The Hall–Kier alpha value is -3.96. The summed E-state index contributed by atoms with van der Waals surface area (Å²) in [5.74, 6) is -0.468. The van der Waals surface area contributed by atoms with Gasteiger partial charge in [-0.3, -0.25) is 4.79 Å². The molecular weight excluding hydrogens is 499 g/mol. The number of sulfonamides is 1. The van der Waals surface area contributed by atoms with Crippen LogP contribution in [-0.4, -0.2) is 62.3 Å². The number of amides is 3. The molecule has 1 heterocycles. The van der Waals surface area contributed by atoms with Gasteiger partial charge in [-0.1, -0.05) is 30.3 Å². The van der Waals surface area contributed by atoms with Crippen molar-refractivity contribution in [1.29, 1.82) is 0 Å². The van der Waals surface area contributed by atoms with Gasteiger partial charge < -0.3 is 20.3 Å². The van der Waals surface area contributed by atoms with Gasteiger partial charge in [-0.25, -0.2) is 17.6 Å². The lowest BCUT2D eigenvalue weighted by Gasteiger charge is -2.39. The molecule has 2 N–H and O–H groups in total. The fraction of sp³-hybridized carbons (Fsp3) is 0.231. The van der Waals surface area contributed by atoms with Gasteiger partial charge >= 0.3 is 6.03 Å². The van der Waals surface area contributed by atoms with E-state index in [1.165, 1.54) is 60.5 Å². The first kappa shape index (κ1) is 26.1. The minimum Gasteiger partial charge on any atom is -0.497 e. The maximum Gasteiger partial charge on any atom is 0.321 e. The summed E-state index contributed by atoms with van der Waals surface area (Å²) in [6.07, 6.45) is 0. The van der Waals surface area contributed by atoms with E-state index in [1.54, 1.807) is 0 Å². The Bertz CT molecular complexity index is 1340. The molecule has 37 heavy (non-hydrogen) atoms. The molecule has 11 heteroatoms. The van der Waals surface area contributed by atoms with Gasteiger partial charge in [0, 0.05) is 31.9 Å². The molecule has 3 aromatic carbocycles. The van der Waals surface area contributed by atoms with Crippen molar-refractivity contribution in [3.63, 3.8) is 0 Å². The number of carbonyl (C=O) groups excluding carboxylic acids is 2. The monoisotopic (exact) mass is 526 g/mol. The number of benzene rings is 3. The zero-order valence-corrected chi connectivity index (χ0v) is 20.9. The number of piperazine rings is 1. The van der Waals surface area contributed by atoms with Crippen molar-refractivity contribution in [2.45, 2.75) is 17.5 Å². The minimum atomic E-state index is -4.06. The number of halogens is 1. The Kier molecular flexibility index (Phi) is 8.04. The summed E-state index contributed by atoms with van der Waals surface area (Å²) in [6, 6.07) is 18.7. The highest BCUT2D eigenvalue weighted by Crippen LogP contribution is 2.24. The molecule has 1 unspecified atom stereocenters. The molecule has 1 aliphatic rings. The summed E-state index contributed by atoms with van der Waals surface area (Å²) >= 11 is 0. The van der Waals surface area contributed by atoms with Crippen molar-refractivity contribution in [1.82, 2.24) is 14.5 Å². The molecule has 4 rings (SSSR count). The molecule has 0 bridgehead atoms. The Morgan fingerprint density at radius 3 is 2.30 bits per heavy atom. The first-order valence-corrected chi connectivity index (χ1v) is 13.0. The highest BCUT2D eigenvalue weighted by molar-refractivity contribution is 7.89. The zero-order valence-electron chi connectivity index (χ0n) is 20.1. The molecular formula is C26H27FN4O5S. The second kappa shape index (κ2) is 11.4. The number of hydrogen-bond acceptors (Lipinski definition) is 5. The third kappa shape index (κ3) is 6.25. The zero-order chi connectivity index (χ0) is 26.4. The number of ether oxygens (including phenoxy) is 1. The number of nitrogens with zero attached hydrogens (tertiary/aromatic N) is 2. The van der Waals surface area contributed by atoms with Crippen LogP contribution in [0.2, 0.25) is 0 Å². The summed E-state index contributed by atoms with van der Waals surface area (Å²) in [7, 11) is -2.58. The third-order valence-electron chi connectivity index (χ3n) is 5.99. The number of urea groups is 1. The predicted molar refractivity (Wildman–Crippen MR) is 136 cm³/mol. The normalized spacial score (nSPS) is 16.2. The number of nitrogens with one attached hydrogen (secondary N) is 2. The maximum atomic E-state index is 13.5. The lowest BCUT2D eigenvalue weighted by molar-refractivity contribution is -0.126. The van der Waals surface area contributed by atoms with Gasteiger partial charge in [0.2, 0.25) is 15.9 Å². The topological polar surface area (TPSA) is 108 Å². The summed E-state index contributed by atoms with van der Waals surface area (Å²) in [6.45, 7) is 0.0108. The second-order valence-electron chi connectivity index (χ2n) is 8.39. The Labute approximate surface area is 214 Å². The Balaban J connectivity index is 1.55. The SMILES string of the molecule is COc1ccc(S(=O)(=O)N2CCN(C(=O)Nc3ccc(F)cc3)CC2C(=O)NCc2ccccc2)cc1. The van der Waals surface area contributed by atoms with E-state index in [4.69, 9.17) is 4.74 Å². The van der Waals surface area contributed by atoms with E-state index in [0.717, 1.165) is 9.87 Å². The molecule has 0 radical (unpaired) electrons. The van der Waals surface area contributed by atoms with Gasteiger partial charge in [0.1, 0.15) is 17.6 Å². The molecule has 0 aromatic heterocycles. The Morgan fingerprint density at radius 2 is 1.65 bits per heavy atom. The molecule has 0 aliphatic carbocycles. The second-order valence-corrected chi connectivity index (χ2v) is 10.3. The molecule has 1 fully saturated rings. The average molecular weight is 527 g/mol. The van der Waals surface area contributed by atoms with Crippen LogP contribution < -0.4 is 15.4 Å². The van der Waals surface area contributed by atoms with Crippen molar-refractivity contribution < 1.29 is 27.1 Å². The van der Waals surface area contributed by atoms with Crippen LogP contribution in [-0.2, 0) is 21.4 Å². The quantitative estimate of drug-likeness (QED) is 0.492. The molecule has 0 spiro atoms. The highest BCUT2D eigenvalue weighted by Gasteiger charge is 2.41. The number of hydrogen-bond donors (Lipinski definition) is 2. The fourth-order valence-corrected chi connectivity index (χ4v) is 5.54. The largest absolute Gasteiger partial charge is 0.497 e. The average Bonchev–Trinajstić information content (AvgIpc) is 2.93. The molecule has 1 atom stereocenters. The third-order valence-corrected chi connectivity index (χ3v) is 7.91. The van der Waals surface area contributed by atoms with Crippen LogP contribution in [0.5, 0.6) is 5.75 Å². The van der Waals surface area contributed by atoms with Gasteiger partial charge in [-0.2, -0.15) is 4.31 Å². The van der Waals surface area contributed by atoms with E-state index in [0.29, 0.717) is 11.4 Å². The van der Waals surface area contributed by atoms with E-state index in [1.807, 2.05) is 30.3 Å². The first-order chi connectivity index (χ1) is 17.8. The summed E-state index contributed by atoms with van der Waals surface area (Å²) in [4.78, 5) is 27.6. The van der Waals surface area contributed by atoms with Gasteiger partial charge in [-0.05, 0) is 54.1 Å². The fourth-order valence-electron chi connectivity index (χ4n) is 3.97. The molecule has 0 saturated carbocycles. The van der Waals surface area contributed by atoms with E-state index in [-0.39, 0.29) is 31.1 Å². The van der Waals surface area contributed by atoms with Crippen LogP contribution in [0.3, 0.4) is 0 Å². The lowest BCUT2D eigenvalue weighted by atomic mass is 10.2. The van der Waals surface area contributed by atoms with Crippen LogP contribution in [0.1, 0.15) is 5.56 Å². The van der Waals surface area contributed by atoms with Gasteiger partial charge in [-0.15, -0.1) is 0 Å². The van der Waals surface area contributed by atoms with Crippen LogP contribution >= 0.6 is 0 Å². The van der Waals surface area contributed by atoms with E-state index in [2.05, 4.69) is 10.6 Å². The van der Waals surface area contributed by atoms with Crippen molar-refractivity contribution in [3.05, 3.63) is 90.2 Å². The smallest absolute Gasteiger partial charge is 0.321 e. The van der Waals surface area contributed by atoms with Crippen LogP contribution in [0.25, 0.3) is 0 Å². The molecule has 3 amide bonds. The molecule has 9 nitrogen and oxygen atoms in total. The van der Waals surface area contributed by atoms with Crippen LogP contribution in [0, 0.1) is 5.82 Å². The van der Waals surface area contributed by atoms with Crippen LogP contribution in [0.4, 0.5) is 14.9 Å². The van der Waals surface area contributed by atoms with Crippen molar-refractivity contribution in [2.75, 3.05) is 32.1 Å². The van der Waals surface area contributed by atoms with Crippen LogP contribution in [0.15, 0.2) is 83.8 Å². The molecule has 1 aliphatic heterocycles. The van der Waals surface area contributed by atoms with Gasteiger partial charge in [0.05, 0.1) is 12.0 Å². The molecule has 194 valence electrons. The van der Waals surface area contributed by atoms with Crippen molar-refractivity contribution in [3.8, 4) is 5.75 Å². The van der Waals surface area contributed by atoms with E-state index < -0.39 is 33.8 Å². The van der Waals surface area contributed by atoms with Gasteiger partial charge in [0.25, 0.3) is 0 Å². The van der Waals surface area contributed by atoms with Crippen molar-refractivity contribution in [2.24, 2.45) is 0 Å². The summed E-state index contributed by atoms with van der Waals surface area (Å²) in [5.41, 5.74) is 1.23. The molecule has 1 saturated heterocycles. The summed E-state index contributed by atoms with van der Waals surface area (Å²) in [5, 5.41) is 5.45. The number of rotatable bonds is 7.